The zero-order valence-corrected chi connectivity index (χ0v) is 12.5. The first kappa shape index (κ1) is 17.3. The van der Waals surface area contributed by atoms with E-state index in [9.17, 15) is 9.90 Å². The molecule has 1 amide bonds. The van der Waals surface area contributed by atoms with Crippen LogP contribution in [-0.2, 0) is 9.53 Å². The quantitative estimate of drug-likeness (QED) is 0.673. The molecule has 0 heterocycles. The van der Waals surface area contributed by atoms with Crippen molar-refractivity contribution in [2.45, 2.75) is 19.4 Å². The van der Waals surface area contributed by atoms with Crippen LogP contribution in [0.5, 0.6) is 11.5 Å². The normalized spacial score (nSPS) is 11.8. The molecule has 0 bridgehead atoms. The maximum absolute atomic E-state index is 11.6. The van der Waals surface area contributed by atoms with E-state index in [0.29, 0.717) is 25.3 Å². The standard InChI is InChI=1S/C15H23NO5/c1-3-20-13-4-6-14(7-5-13)21-11-15(18)16-9-8-12(17)10-19-2/h4-7,12,17H,3,8-11H2,1-2H3,(H,16,18). The fourth-order valence-electron chi connectivity index (χ4n) is 1.65. The van der Waals surface area contributed by atoms with Gasteiger partial charge in [0.05, 0.1) is 19.3 Å². The second-order valence-corrected chi connectivity index (χ2v) is 4.44. The van der Waals surface area contributed by atoms with Gasteiger partial charge in [0.25, 0.3) is 5.91 Å². The molecule has 2 N–H and O–H groups in total. The number of methoxy groups -OCH3 is 1. The van der Waals surface area contributed by atoms with Gasteiger partial charge in [-0.15, -0.1) is 0 Å². The van der Waals surface area contributed by atoms with Gasteiger partial charge in [-0.05, 0) is 37.6 Å². The van der Waals surface area contributed by atoms with Gasteiger partial charge in [-0.3, -0.25) is 4.79 Å². The van der Waals surface area contributed by atoms with Gasteiger partial charge >= 0.3 is 0 Å². The Morgan fingerprint density at radius 2 is 1.86 bits per heavy atom. The SMILES string of the molecule is CCOc1ccc(OCC(=O)NCCC(O)COC)cc1. The minimum atomic E-state index is -0.567. The van der Waals surface area contributed by atoms with Crippen molar-refractivity contribution in [3.8, 4) is 11.5 Å². The largest absolute Gasteiger partial charge is 0.494 e. The Balaban J connectivity index is 2.20. The highest BCUT2D eigenvalue weighted by molar-refractivity contribution is 5.77. The van der Waals surface area contributed by atoms with E-state index in [4.69, 9.17) is 14.2 Å². The van der Waals surface area contributed by atoms with Gasteiger partial charge in [0.15, 0.2) is 6.61 Å². The molecule has 0 aromatic heterocycles. The molecule has 1 aromatic carbocycles. The summed E-state index contributed by atoms with van der Waals surface area (Å²) in [6.07, 6.45) is -0.120. The van der Waals surface area contributed by atoms with Crippen molar-refractivity contribution in [2.75, 3.05) is 33.5 Å². The molecule has 6 heteroatoms. The van der Waals surface area contributed by atoms with Crippen LogP contribution in [-0.4, -0.2) is 50.6 Å². The zero-order chi connectivity index (χ0) is 15.5. The number of hydrogen-bond acceptors (Lipinski definition) is 5. The first-order valence-electron chi connectivity index (χ1n) is 6.95. The first-order valence-corrected chi connectivity index (χ1v) is 6.95. The maximum Gasteiger partial charge on any atom is 0.257 e. The van der Waals surface area contributed by atoms with E-state index in [2.05, 4.69) is 5.32 Å². The van der Waals surface area contributed by atoms with Crippen molar-refractivity contribution >= 4 is 5.91 Å². The summed E-state index contributed by atoms with van der Waals surface area (Å²) < 4.78 is 15.5. The highest BCUT2D eigenvalue weighted by atomic mass is 16.5. The Morgan fingerprint density at radius 1 is 1.24 bits per heavy atom. The Kier molecular flexibility index (Phi) is 8.23. The molecule has 0 saturated carbocycles. The van der Waals surface area contributed by atoms with Crippen LogP contribution >= 0.6 is 0 Å². The number of aliphatic hydroxyl groups excluding tert-OH is 1. The van der Waals surface area contributed by atoms with E-state index < -0.39 is 6.10 Å². The number of carbonyl (C=O) groups excluding carboxylic acids is 1. The Bertz CT molecular complexity index is 407. The van der Waals surface area contributed by atoms with Crippen LogP contribution < -0.4 is 14.8 Å². The molecule has 0 spiro atoms. The van der Waals surface area contributed by atoms with Gasteiger partial charge in [0.1, 0.15) is 11.5 Å². The van der Waals surface area contributed by atoms with Crippen LogP contribution in [0.3, 0.4) is 0 Å². The van der Waals surface area contributed by atoms with Crippen molar-refractivity contribution in [3.05, 3.63) is 24.3 Å². The van der Waals surface area contributed by atoms with Gasteiger partial charge in [0, 0.05) is 13.7 Å². The summed E-state index contributed by atoms with van der Waals surface area (Å²) in [5.74, 6) is 1.14. The Labute approximate surface area is 125 Å². The van der Waals surface area contributed by atoms with Crippen LogP contribution in [0.1, 0.15) is 13.3 Å². The van der Waals surface area contributed by atoms with Gasteiger partial charge in [-0.2, -0.15) is 0 Å². The summed E-state index contributed by atoms with van der Waals surface area (Å²) in [4.78, 5) is 11.6. The second kappa shape index (κ2) is 10.0. The minimum Gasteiger partial charge on any atom is -0.494 e. The number of amides is 1. The molecule has 6 nitrogen and oxygen atoms in total. The summed E-state index contributed by atoms with van der Waals surface area (Å²) in [7, 11) is 1.52. The topological polar surface area (TPSA) is 77.0 Å². The lowest BCUT2D eigenvalue weighted by molar-refractivity contribution is -0.123. The number of nitrogens with one attached hydrogen (secondary N) is 1. The molecule has 118 valence electrons. The Hall–Kier alpha value is -1.79. The molecule has 0 aliphatic carbocycles. The lowest BCUT2D eigenvalue weighted by Crippen LogP contribution is -2.32. The molecular formula is C15H23NO5. The highest BCUT2D eigenvalue weighted by Crippen LogP contribution is 2.17. The van der Waals surface area contributed by atoms with E-state index in [-0.39, 0.29) is 19.1 Å². The lowest BCUT2D eigenvalue weighted by Gasteiger charge is -2.11. The van der Waals surface area contributed by atoms with Crippen molar-refractivity contribution in [2.24, 2.45) is 0 Å². The number of aliphatic hydroxyl groups is 1. The van der Waals surface area contributed by atoms with Gasteiger partial charge < -0.3 is 24.6 Å². The van der Waals surface area contributed by atoms with Crippen LogP contribution in [0, 0.1) is 0 Å². The molecule has 1 unspecified atom stereocenters. The highest BCUT2D eigenvalue weighted by Gasteiger charge is 2.06. The van der Waals surface area contributed by atoms with E-state index in [1.807, 2.05) is 6.92 Å². The third-order valence-electron chi connectivity index (χ3n) is 2.66. The molecule has 0 aliphatic heterocycles. The maximum atomic E-state index is 11.6. The molecule has 0 saturated heterocycles. The number of benzene rings is 1. The third kappa shape index (κ3) is 7.53. The van der Waals surface area contributed by atoms with Crippen molar-refractivity contribution in [1.29, 1.82) is 0 Å². The van der Waals surface area contributed by atoms with Crippen molar-refractivity contribution in [3.63, 3.8) is 0 Å². The van der Waals surface area contributed by atoms with Crippen LogP contribution in [0.2, 0.25) is 0 Å². The minimum absolute atomic E-state index is 0.0612. The summed E-state index contributed by atoms with van der Waals surface area (Å²) in [5.41, 5.74) is 0. The number of ether oxygens (including phenoxy) is 3. The van der Waals surface area contributed by atoms with E-state index >= 15 is 0 Å². The summed E-state index contributed by atoms with van der Waals surface area (Å²) >= 11 is 0. The van der Waals surface area contributed by atoms with Crippen molar-refractivity contribution in [1.82, 2.24) is 5.32 Å². The average Bonchev–Trinajstić information content (AvgIpc) is 2.47. The van der Waals surface area contributed by atoms with Gasteiger partial charge in [-0.25, -0.2) is 0 Å². The number of carbonyl (C=O) groups is 1. The van der Waals surface area contributed by atoms with E-state index in [0.717, 1.165) is 5.75 Å². The molecule has 1 aromatic rings. The predicted octanol–water partition coefficient (Wildman–Crippen LogP) is 0.978. The van der Waals surface area contributed by atoms with E-state index in [1.165, 1.54) is 7.11 Å². The second-order valence-electron chi connectivity index (χ2n) is 4.44. The smallest absolute Gasteiger partial charge is 0.257 e. The van der Waals surface area contributed by atoms with Crippen molar-refractivity contribution < 1.29 is 24.1 Å². The molecular weight excluding hydrogens is 274 g/mol. The van der Waals surface area contributed by atoms with Gasteiger partial charge in [0.2, 0.25) is 0 Å². The third-order valence-corrected chi connectivity index (χ3v) is 2.66. The summed E-state index contributed by atoms with van der Waals surface area (Å²) in [6.45, 7) is 3.11. The van der Waals surface area contributed by atoms with Gasteiger partial charge in [-0.1, -0.05) is 0 Å². The molecule has 0 aliphatic rings. The number of rotatable bonds is 10. The van der Waals surface area contributed by atoms with E-state index in [1.54, 1.807) is 24.3 Å². The zero-order valence-electron chi connectivity index (χ0n) is 12.5. The van der Waals surface area contributed by atoms with Crippen LogP contribution in [0.25, 0.3) is 0 Å². The van der Waals surface area contributed by atoms with Crippen LogP contribution in [0.15, 0.2) is 24.3 Å². The average molecular weight is 297 g/mol. The monoisotopic (exact) mass is 297 g/mol. The summed E-state index contributed by atoms with van der Waals surface area (Å²) in [6, 6.07) is 7.08. The molecule has 0 fully saturated rings. The first-order chi connectivity index (χ1) is 10.2. The lowest BCUT2D eigenvalue weighted by atomic mass is 10.2. The number of hydrogen-bond donors (Lipinski definition) is 2. The molecule has 1 atom stereocenters. The fraction of sp³-hybridized carbons (Fsp3) is 0.533. The Morgan fingerprint density at radius 3 is 2.43 bits per heavy atom. The summed E-state index contributed by atoms with van der Waals surface area (Å²) in [5, 5.41) is 12.1. The fourth-order valence-corrected chi connectivity index (χ4v) is 1.65. The predicted molar refractivity (Wildman–Crippen MR) is 78.6 cm³/mol. The molecule has 1 rings (SSSR count). The molecule has 0 radical (unpaired) electrons. The molecule has 21 heavy (non-hydrogen) atoms. The van der Waals surface area contributed by atoms with Crippen LogP contribution in [0.4, 0.5) is 0 Å².